The van der Waals surface area contributed by atoms with Crippen molar-refractivity contribution in [3.05, 3.63) is 59.2 Å². The molecule has 0 bridgehead atoms. The van der Waals surface area contributed by atoms with Crippen LogP contribution in [0, 0.1) is 13.8 Å². The molecule has 29 heavy (non-hydrogen) atoms. The number of hydrogen-bond donors (Lipinski definition) is 2. The van der Waals surface area contributed by atoms with E-state index in [0.717, 1.165) is 38.4 Å². The fourth-order valence-corrected chi connectivity index (χ4v) is 4.28. The van der Waals surface area contributed by atoms with Crippen molar-refractivity contribution < 1.29 is 17.9 Å². The summed E-state index contributed by atoms with van der Waals surface area (Å²) >= 11 is 0. The number of sulfonamides is 1. The first-order valence-electron chi connectivity index (χ1n) is 9.64. The van der Waals surface area contributed by atoms with Crippen LogP contribution in [0.1, 0.15) is 21.5 Å². The lowest BCUT2D eigenvalue weighted by Crippen LogP contribution is -2.41. The second kappa shape index (κ2) is 9.39. The van der Waals surface area contributed by atoms with Crippen molar-refractivity contribution in [2.45, 2.75) is 18.7 Å². The summed E-state index contributed by atoms with van der Waals surface area (Å²) in [5.41, 5.74) is 2.42. The van der Waals surface area contributed by atoms with Crippen molar-refractivity contribution in [3.63, 3.8) is 0 Å². The summed E-state index contributed by atoms with van der Waals surface area (Å²) in [6, 6.07) is 11.7. The zero-order valence-corrected chi connectivity index (χ0v) is 17.6. The van der Waals surface area contributed by atoms with Crippen LogP contribution in [0.5, 0.6) is 0 Å². The van der Waals surface area contributed by atoms with Crippen LogP contribution >= 0.6 is 0 Å². The minimum Gasteiger partial charge on any atom is -0.379 e. The van der Waals surface area contributed by atoms with E-state index in [9.17, 15) is 13.2 Å². The van der Waals surface area contributed by atoms with Crippen LogP contribution in [0.25, 0.3) is 0 Å². The highest BCUT2D eigenvalue weighted by Gasteiger charge is 2.18. The van der Waals surface area contributed by atoms with Gasteiger partial charge in [0.1, 0.15) is 0 Å². The van der Waals surface area contributed by atoms with E-state index in [2.05, 4.69) is 14.9 Å². The number of morpholine rings is 1. The molecule has 7 nitrogen and oxygen atoms in total. The third-order valence-electron chi connectivity index (χ3n) is 4.97. The number of anilines is 1. The summed E-state index contributed by atoms with van der Waals surface area (Å²) in [5, 5.41) is 2.92. The molecular formula is C21H27N3O4S. The topological polar surface area (TPSA) is 87.7 Å². The summed E-state index contributed by atoms with van der Waals surface area (Å²) < 4.78 is 33.2. The first kappa shape index (κ1) is 21.3. The zero-order chi connectivity index (χ0) is 20.9. The normalized spacial score (nSPS) is 15.1. The highest BCUT2D eigenvalue weighted by Crippen LogP contribution is 2.23. The lowest BCUT2D eigenvalue weighted by molar-refractivity contribution is 0.0383. The fourth-order valence-electron chi connectivity index (χ4n) is 3.16. The van der Waals surface area contributed by atoms with E-state index in [-0.39, 0.29) is 10.8 Å². The lowest BCUT2D eigenvalue weighted by Gasteiger charge is -2.26. The molecule has 1 saturated heterocycles. The maximum Gasteiger partial charge on any atom is 0.261 e. The highest BCUT2D eigenvalue weighted by atomic mass is 32.2. The minimum absolute atomic E-state index is 0.183. The number of amides is 1. The molecule has 1 aliphatic heterocycles. The Kier molecular flexibility index (Phi) is 6.89. The molecule has 2 aromatic rings. The maximum absolute atomic E-state index is 12.7. The monoisotopic (exact) mass is 417 g/mol. The van der Waals surface area contributed by atoms with Crippen molar-refractivity contribution in [1.82, 2.24) is 10.2 Å². The summed E-state index contributed by atoms with van der Waals surface area (Å²) in [7, 11) is -3.73. The van der Waals surface area contributed by atoms with Crippen molar-refractivity contribution in [3.8, 4) is 0 Å². The molecule has 8 heteroatoms. The molecule has 2 aromatic carbocycles. The highest BCUT2D eigenvalue weighted by molar-refractivity contribution is 7.92. The number of ether oxygens (including phenoxy) is 1. The molecule has 1 amide bonds. The molecule has 1 aliphatic rings. The first-order valence-corrected chi connectivity index (χ1v) is 11.1. The van der Waals surface area contributed by atoms with Crippen LogP contribution in [0.3, 0.4) is 0 Å². The van der Waals surface area contributed by atoms with Gasteiger partial charge in [-0.1, -0.05) is 23.8 Å². The second-order valence-electron chi connectivity index (χ2n) is 7.11. The van der Waals surface area contributed by atoms with Crippen LogP contribution in [0.2, 0.25) is 0 Å². The third kappa shape index (κ3) is 5.56. The number of benzene rings is 2. The standard InChI is InChI=1S/C21H27N3O4S/c1-16-6-8-18(9-7-16)29(26,27)23-20-5-3-4-19(17(20)2)21(25)22-10-11-24-12-14-28-15-13-24/h3-9,23H,10-15H2,1-2H3,(H,22,25). The number of rotatable bonds is 7. The van der Waals surface area contributed by atoms with Gasteiger partial charge in [-0.3, -0.25) is 14.4 Å². The van der Waals surface area contributed by atoms with E-state index in [0.29, 0.717) is 23.4 Å². The van der Waals surface area contributed by atoms with Gasteiger partial charge in [0.15, 0.2) is 0 Å². The van der Waals surface area contributed by atoms with Gasteiger partial charge >= 0.3 is 0 Å². The molecule has 3 rings (SSSR count). The van der Waals surface area contributed by atoms with Gasteiger partial charge in [-0.25, -0.2) is 8.42 Å². The van der Waals surface area contributed by atoms with E-state index in [1.54, 1.807) is 49.4 Å². The minimum atomic E-state index is -3.73. The van der Waals surface area contributed by atoms with Crippen molar-refractivity contribution in [2.75, 3.05) is 44.1 Å². The molecule has 2 N–H and O–H groups in total. The Bertz CT molecular complexity index is 952. The number of carbonyl (C=O) groups excluding carboxylic acids is 1. The molecule has 0 aliphatic carbocycles. The average Bonchev–Trinajstić information content (AvgIpc) is 2.70. The molecule has 0 aromatic heterocycles. The van der Waals surface area contributed by atoms with Gasteiger partial charge in [-0.2, -0.15) is 0 Å². The van der Waals surface area contributed by atoms with E-state index >= 15 is 0 Å². The molecular weight excluding hydrogens is 390 g/mol. The number of nitrogens with zero attached hydrogens (tertiary/aromatic N) is 1. The average molecular weight is 418 g/mol. The van der Waals surface area contributed by atoms with Gasteiger partial charge < -0.3 is 10.1 Å². The molecule has 1 fully saturated rings. The zero-order valence-electron chi connectivity index (χ0n) is 16.8. The SMILES string of the molecule is Cc1ccc(S(=O)(=O)Nc2cccc(C(=O)NCCN3CCOCC3)c2C)cc1. The summed E-state index contributed by atoms with van der Waals surface area (Å²) in [6.07, 6.45) is 0. The Morgan fingerprint density at radius 2 is 1.76 bits per heavy atom. The molecule has 1 heterocycles. The van der Waals surface area contributed by atoms with E-state index in [1.165, 1.54) is 0 Å². The Morgan fingerprint density at radius 1 is 1.07 bits per heavy atom. The predicted molar refractivity (Wildman–Crippen MR) is 113 cm³/mol. The number of carbonyl (C=O) groups is 1. The van der Waals surface area contributed by atoms with Gasteiger partial charge in [0.25, 0.3) is 15.9 Å². The quantitative estimate of drug-likeness (QED) is 0.721. The Balaban J connectivity index is 1.66. The maximum atomic E-state index is 12.7. The summed E-state index contributed by atoms with van der Waals surface area (Å²) in [4.78, 5) is 15.0. The van der Waals surface area contributed by atoms with Gasteiger partial charge in [0.05, 0.1) is 23.8 Å². The van der Waals surface area contributed by atoms with Gasteiger partial charge in [0, 0.05) is 31.7 Å². The Morgan fingerprint density at radius 3 is 2.45 bits per heavy atom. The molecule has 0 unspecified atom stereocenters. The van der Waals surface area contributed by atoms with Crippen molar-refractivity contribution in [1.29, 1.82) is 0 Å². The van der Waals surface area contributed by atoms with Crippen LogP contribution in [0.4, 0.5) is 5.69 Å². The number of aryl methyl sites for hydroxylation is 1. The van der Waals surface area contributed by atoms with E-state index in [1.807, 2.05) is 6.92 Å². The summed E-state index contributed by atoms with van der Waals surface area (Å²) in [5.74, 6) is -0.216. The smallest absolute Gasteiger partial charge is 0.261 e. The van der Waals surface area contributed by atoms with Crippen LogP contribution in [0.15, 0.2) is 47.4 Å². The van der Waals surface area contributed by atoms with Crippen LogP contribution in [-0.2, 0) is 14.8 Å². The fraction of sp³-hybridized carbons (Fsp3) is 0.381. The second-order valence-corrected chi connectivity index (χ2v) is 8.79. The molecule has 0 saturated carbocycles. The number of hydrogen-bond acceptors (Lipinski definition) is 5. The molecule has 156 valence electrons. The largest absolute Gasteiger partial charge is 0.379 e. The van der Waals surface area contributed by atoms with E-state index < -0.39 is 10.0 Å². The first-order chi connectivity index (χ1) is 13.9. The van der Waals surface area contributed by atoms with Gasteiger partial charge in [-0.05, 0) is 43.7 Å². The third-order valence-corrected chi connectivity index (χ3v) is 6.35. The lowest BCUT2D eigenvalue weighted by atomic mass is 10.1. The van der Waals surface area contributed by atoms with Gasteiger partial charge in [0.2, 0.25) is 0 Å². The van der Waals surface area contributed by atoms with Crippen LogP contribution in [-0.4, -0.2) is 58.6 Å². The van der Waals surface area contributed by atoms with Gasteiger partial charge in [-0.15, -0.1) is 0 Å². The predicted octanol–water partition coefficient (Wildman–Crippen LogP) is 2.17. The molecule has 0 atom stereocenters. The van der Waals surface area contributed by atoms with Crippen molar-refractivity contribution >= 4 is 21.6 Å². The van der Waals surface area contributed by atoms with Crippen LogP contribution < -0.4 is 10.0 Å². The number of nitrogens with one attached hydrogen (secondary N) is 2. The molecule has 0 radical (unpaired) electrons. The Labute approximate surface area is 172 Å². The van der Waals surface area contributed by atoms with E-state index in [4.69, 9.17) is 4.74 Å². The summed E-state index contributed by atoms with van der Waals surface area (Å²) in [6.45, 7) is 8.09. The Hall–Kier alpha value is -2.42. The van der Waals surface area contributed by atoms with Crippen molar-refractivity contribution in [2.24, 2.45) is 0 Å². The molecule has 0 spiro atoms.